The Kier molecular flexibility index (Phi) is 9.21. The first kappa shape index (κ1) is 18.9. The summed E-state index contributed by atoms with van der Waals surface area (Å²) >= 11 is 0. The van der Waals surface area contributed by atoms with Crippen LogP contribution in [0.4, 0.5) is 0 Å². The average Bonchev–Trinajstić information content (AvgIpc) is 2.38. The summed E-state index contributed by atoms with van der Waals surface area (Å²) in [6, 6.07) is -0.911. The number of carbonyl (C=O) groups excluding carboxylic acids is 1. The highest BCUT2D eigenvalue weighted by molar-refractivity contribution is 5.83. The van der Waals surface area contributed by atoms with E-state index in [0.29, 0.717) is 18.8 Å². The fourth-order valence-electron chi connectivity index (χ4n) is 2.18. The molecule has 0 radical (unpaired) electrons. The lowest BCUT2D eigenvalue weighted by molar-refractivity contribution is -0.151. The molecule has 0 aliphatic heterocycles. The van der Waals surface area contributed by atoms with E-state index in [4.69, 9.17) is 5.84 Å². The molecule has 118 valence electrons. The summed E-state index contributed by atoms with van der Waals surface area (Å²) in [5.74, 6) is 5.11. The fourth-order valence-corrected chi connectivity index (χ4v) is 2.18. The third-order valence-electron chi connectivity index (χ3n) is 3.84. The van der Waals surface area contributed by atoms with Crippen molar-refractivity contribution in [2.45, 2.75) is 72.3 Å². The Balaban J connectivity index is 4.50. The maximum absolute atomic E-state index is 12.0. The predicted octanol–water partition coefficient (Wildman–Crippen LogP) is 2.79. The summed E-state index contributed by atoms with van der Waals surface area (Å²) < 4.78 is 0. The van der Waals surface area contributed by atoms with E-state index in [9.17, 15) is 14.7 Å². The smallest absolute Gasteiger partial charge is 0.328 e. The van der Waals surface area contributed by atoms with Gasteiger partial charge in [-0.3, -0.25) is 9.80 Å². The molecule has 0 heterocycles. The lowest BCUT2D eigenvalue weighted by Gasteiger charge is -2.26. The Labute approximate surface area is 122 Å². The van der Waals surface area contributed by atoms with Crippen molar-refractivity contribution in [1.29, 1.82) is 0 Å². The minimum atomic E-state index is -1.02. The van der Waals surface area contributed by atoms with Gasteiger partial charge in [0.15, 0.2) is 0 Å². The fraction of sp³-hybridized carbons (Fsp3) is 0.867. The van der Waals surface area contributed by atoms with Crippen LogP contribution in [0, 0.1) is 11.8 Å². The van der Waals surface area contributed by atoms with Crippen LogP contribution in [0.2, 0.25) is 0 Å². The van der Waals surface area contributed by atoms with Gasteiger partial charge in [-0.25, -0.2) is 10.6 Å². The molecule has 0 aromatic heterocycles. The van der Waals surface area contributed by atoms with Crippen molar-refractivity contribution in [2.24, 2.45) is 17.7 Å². The van der Waals surface area contributed by atoms with Crippen molar-refractivity contribution in [3.8, 4) is 0 Å². The summed E-state index contributed by atoms with van der Waals surface area (Å²) in [5.41, 5.74) is 0. The van der Waals surface area contributed by atoms with Gasteiger partial charge in [0.25, 0.3) is 0 Å². The number of carbonyl (C=O) groups is 2. The average molecular weight is 286 g/mol. The Morgan fingerprint density at radius 1 is 1.10 bits per heavy atom. The first-order chi connectivity index (χ1) is 9.33. The summed E-state index contributed by atoms with van der Waals surface area (Å²) in [6.07, 6.45) is 4.52. The summed E-state index contributed by atoms with van der Waals surface area (Å²) in [4.78, 5) is 23.3. The number of carboxylic acid groups (broad SMARTS) is 1. The maximum Gasteiger partial charge on any atom is 0.328 e. The molecule has 0 aromatic carbocycles. The zero-order valence-corrected chi connectivity index (χ0v) is 13.3. The highest BCUT2D eigenvalue weighted by atomic mass is 16.4. The molecule has 0 bridgehead atoms. The van der Waals surface area contributed by atoms with Gasteiger partial charge in [0.05, 0.1) is 0 Å². The number of rotatable bonds is 10. The Hall–Kier alpha value is -1.10. The van der Waals surface area contributed by atoms with Crippen molar-refractivity contribution in [1.82, 2.24) is 5.01 Å². The Morgan fingerprint density at radius 3 is 2.15 bits per heavy atom. The van der Waals surface area contributed by atoms with E-state index in [2.05, 4.69) is 13.8 Å². The normalized spacial score (nSPS) is 15.4. The molecule has 0 aromatic rings. The zero-order chi connectivity index (χ0) is 15.7. The minimum absolute atomic E-state index is 0.224. The van der Waals surface area contributed by atoms with Crippen LogP contribution < -0.4 is 5.84 Å². The molecule has 0 aliphatic rings. The SMILES string of the molecule is CCCC(C)CCC(C(=O)O)N(N)C(=O)CC(C)CC. The van der Waals surface area contributed by atoms with Gasteiger partial charge < -0.3 is 5.11 Å². The largest absolute Gasteiger partial charge is 0.480 e. The molecule has 0 fully saturated rings. The molecule has 20 heavy (non-hydrogen) atoms. The van der Waals surface area contributed by atoms with E-state index in [-0.39, 0.29) is 11.8 Å². The molecule has 0 aliphatic carbocycles. The van der Waals surface area contributed by atoms with E-state index >= 15 is 0 Å². The van der Waals surface area contributed by atoms with Gasteiger partial charge in [0.2, 0.25) is 5.91 Å². The van der Waals surface area contributed by atoms with Crippen LogP contribution in [0.3, 0.4) is 0 Å². The molecule has 3 N–H and O–H groups in total. The summed E-state index contributed by atoms with van der Waals surface area (Å²) in [6.45, 7) is 8.17. The second-order valence-electron chi connectivity index (χ2n) is 5.84. The molecular weight excluding hydrogens is 256 g/mol. The van der Waals surface area contributed by atoms with Crippen LogP contribution in [0.15, 0.2) is 0 Å². The van der Waals surface area contributed by atoms with Crippen LogP contribution in [-0.4, -0.2) is 28.0 Å². The molecule has 0 saturated heterocycles. The molecule has 0 saturated carbocycles. The lowest BCUT2D eigenvalue weighted by atomic mass is 9.97. The van der Waals surface area contributed by atoms with E-state index in [1.54, 1.807) is 0 Å². The van der Waals surface area contributed by atoms with Gasteiger partial charge in [-0.05, 0) is 24.7 Å². The molecule has 5 nitrogen and oxygen atoms in total. The number of nitrogens with two attached hydrogens (primary N) is 1. The van der Waals surface area contributed by atoms with Crippen molar-refractivity contribution in [3.63, 3.8) is 0 Å². The molecule has 3 atom stereocenters. The summed E-state index contributed by atoms with van der Waals surface area (Å²) in [5, 5.41) is 10.2. The van der Waals surface area contributed by atoms with Crippen molar-refractivity contribution in [2.75, 3.05) is 0 Å². The molecule has 0 rings (SSSR count). The summed E-state index contributed by atoms with van der Waals surface area (Å²) in [7, 11) is 0. The first-order valence-corrected chi connectivity index (χ1v) is 7.62. The van der Waals surface area contributed by atoms with E-state index < -0.39 is 12.0 Å². The van der Waals surface area contributed by atoms with Gasteiger partial charge in [-0.1, -0.05) is 47.0 Å². The number of hydrazine groups is 1. The highest BCUT2D eigenvalue weighted by Crippen LogP contribution is 2.17. The first-order valence-electron chi connectivity index (χ1n) is 7.62. The number of nitrogens with zero attached hydrogens (tertiary/aromatic N) is 1. The van der Waals surface area contributed by atoms with Gasteiger partial charge >= 0.3 is 5.97 Å². The Morgan fingerprint density at radius 2 is 1.70 bits per heavy atom. The quantitative estimate of drug-likeness (QED) is 0.367. The number of amides is 1. The molecule has 1 amide bonds. The molecule has 0 spiro atoms. The van der Waals surface area contributed by atoms with Crippen molar-refractivity contribution >= 4 is 11.9 Å². The Bertz CT molecular complexity index is 307. The molecule has 5 heteroatoms. The maximum atomic E-state index is 12.0. The van der Waals surface area contributed by atoms with Gasteiger partial charge in [0.1, 0.15) is 6.04 Å². The monoisotopic (exact) mass is 286 g/mol. The van der Waals surface area contributed by atoms with Crippen LogP contribution in [0.1, 0.15) is 66.2 Å². The minimum Gasteiger partial charge on any atom is -0.480 e. The van der Waals surface area contributed by atoms with Crippen molar-refractivity contribution < 1.29 is 14.7 Å². The topological polar surface area (TPSA) is 83.6 Å². The lowest BCUT2D eigenvalue weighted by Crippen LogP contribution is -2.50. The third kappa shape index (κ3) is 6.89. The van der Waals surface area contributed by atoms with Crippen LogP contribution in [0.25, 0.3) is 0 Å². The number of hydrogen-bond donors (Lipinski definition) is 2. The number of aliphatic carboxylic acids is 1. The zero-order valence-electron chi connectivity index (χ0n) is 13.3. The van der Waals surface area contributed by atoms with Gasteiger partial charge in [-0.2, -0.15) is 0 Å². The van der Waals surface area contributed by atoms with Crippen LogP contribution >= 0.6 is 0 Å². The predicted molar refractivity (Wildman–Crippen MR) is 79.8 cm³/mol. The number of hydrogen-bond acceptors (Lipinski definition) is 3. The number of carboxylic acids is 1. The molecule has 3 unspecified atom stereocenters. The van der Waals surface area contributed by atoms with Crippen LogP contribution in [0.5, 0.6) is 0 Å². The standard InChI is InChI=1S/C15H30N2O3/c1-5-7-12(4)8-9-13(15(19)20)17(16)14(18)10-11(3)6-2/h11-13H,5-10,16H2,1-4H3,(H,19,20). The van der Waals surface area contributed by atoms with Crippen molar-refractivity contribution in [3.05, 3.63) is 0 Å². The second-order valence-corrected chi connectivity index (χ2v) is 5.84. The van der Waals surface area contributed by atoms with E-state index in [0.717, 1.165) is 30.7 Å². The van der Waals surface area contributed by atoms with Gasteiger partial charge in [-0.15, -0.1) is 0 Å². The van der Waals surface area contributed by atoms with Crippen LogP contribution in [-0.2, 0) is 9.59 Å². The third-order valence-corrected chi connectivity index (χ3v) is 3.84. The molecular formula is C15H30N2O3. The second kappa shape index (κ2) is 9.75. The van der Waals surface area contributed by atoms with E-state index in [1.165, 1.54) is 0 Å². The van der Waals surface area contributed by atoms with Gasteiger partial charge in [0, 0.05) is 6.42 Å². The highest BCUT2D eigenvalue weighted by Gasteiger charge is 2.28. The van der Waals surface area contributed by atoms with E-state index in [1.807, 2.05) is 13.8 Å².